The number of hydrogen-bond acceptors (Lipinski definition) is 3. The first-order valence-electron chi connectivity index (χ1n) is 17.1. The molecule has 0 saturated heterocycles. The number of imidazole rings is 1. The van der Waals surface area contributed by atoms with Crippen LogP contribution in [0, 0.1) is 0 Å². The Morgan fingerprint density at radius 2 is 0.920 bits per heavy atom. The number of rotatable bonds is 5. The third-order valence-electron chi connectivity index (χ3n) is 9.92. The number of benzene rings is 7. The lowest BCUT2D eigenvalue weighted by Crippen LogP contribution is -2.03. The smallest absolute Gasteiger partial charge is 0.135 e. The van der Waals surface area contributed by atoms with Crippen LogP contribution >= 0.6 is 0 Å². The highest BCUT2D eigenvalue weighted by molar-refractivity contribution is 6.07. The number of hydrogen-bond donors (Lipinski definition) is 0. The van der Waals surface area contributed by atoms with Gasteiger partial charge in [0.05, 0.1) is 11.0 Å². The number of furan rings is 2. The van der Waals surface area contributed by atoms with Crippen LogP contribution in [0.1, 0.15) is 25.6 Å². The molecule has 4 nitrogen and oxygen atoms in total. The van der Waals surface area contributed by atoms with Gasteiger partial charge in [-0.05, 0) is 112 Å². The van der Waals surface area contributed by atoms with Gasteiger partial charge in [-0.3, -0.25) is 4.57 Å². The molecule has 3 aromatic heterocycles. The van der Waals surface area contributed by atoms with Crippen LogP contribution in [0.15, 0.2) is 160 Å². The van der Waals surface area contributed by atoms with Crippen molar-refractivity contribution < 1.29 is 8.83 Å². The maximum absolute atomic E-state index is 6.17. The van der Waals surface area contributed by atoms with Gasteiger partial charge in [0.2, 0.25) is 0 Å². The maximum atomic E-state index is 6.17. The first-order chi connectivity index (χ1) is 24.6. The third kappa shape index (κ3) is 4.56. The van der Waals surface area contributed by atoms with Crippen LogP contribution in [-0.4, -0.2) is 9.55 Å². The molecule has 0 saturated carbocycles. The van der Waals surface area contributed by atoms with Crippen molar-refractivity contribution in [3.8, 4) is 39.1 Å². The summed E-state index contributed by atoms with van der Waals surface area (Å²) in [7, 11) is 0. The topological polar surface area (TPSA) is 44.1 Å². The summed E-state index contributed by atoms with van der Waals surface area (Å²) in [5, 5.41) is 4.49. The summed E-state index contributed by atoms with van der Waals surface area (Å²) in [6.07, 6.45) is 0. The van der Waals surface area contributed by atoms with E-state index in [4.69, 9.17) is 13.8 Å². The van der Waals surface area contributed by atoms with Gasteiger partial charge in [0.25, 0.3) is 0 Å². The molecule has 0 unspecified atom stereocenters. The molecule has 10 rings (SSSR count). The van der Waals surface area contributed by atoms with Crippen molar-refractivity contribution >= 4 is 54.9 Å². The predicted molar refractivity (Wildman–Crippen MR) is 206 cm³/mol. The SMILES string of the molecule is CC(C)c1nc2ccccc2n1-c1ccc(-c2cc(-c3ccc4oc5ccccc5c4c3)cc(-c3ccc4oc5ccccc5c4c3)c2)cc1. The molecule has 50 heavy (non-hydrogen) atoms. The van der Waals surface area contributed by atoms with Crippen molar-refractivity contribution in [3.05, 3.63) is 157 Å². The molecule has 0 radical (unpaired) electrons. The molecule has 0 spiro atoms. The zero-order valence-electron chi connectivity index (χ0n) is 27.7. The van der Waals surface area contributed by atoms with E-state index in [2.05, 4.69) is 146 Å². The second kappa shape index (κ2) is 11.1. The van der Waals surface area contributed by atoms with Crippen LogP contribution in [-0.2, 0) is 0 Å². The lowest BCUT2D eigenvalue weighted by atomic mass is 9.92. The monoisotopic (exact) mass is 644 g/mol. The fraction of sp³-hybridized carbons (Fsp3) is 0.0652. The van der Waals surface area contributed by atoms with Gasteiger partial charge < -0.3 is 8.83 Å². The summed E-state index contributed by atoms with van der Waals surface area (Å²) in [5.74, 6) is 1.35. The second-order valence-electron chi connectivity index (χ2n) is 13.4. The molecule has 7 aromatic carbocycles. The van der Waals surface area contributed by atoms with E-state index in [0.717, 1.165) is 99.8 Å². The number of aromatic nitrogens is 2. The molecule has 238 valence electrons. The Morgan fingerprint density at radius 1 is 0.440 bits per heavy atom. The summed E-state index contributed by atoms with van der Waals surface area (Å²) in [5.41, 5.74) is 13.7. The molecule has 0 fully saturated rings. The lowest BCUT2D eigenvalue weighted by Gasteiger charge is -2.14. The van der Waals surface area contributed by atoms with E-state index in [1.165, 1.54) is 0 Å². The summed E-state index contributed by atoms with van der Waals surface area (Å²) >= 11 is 0. The highest BCUT2D eigenvalue weighted by atomic mass is 16.3. The number of fused-ring (bicyclic) bond motifs is 7. The Hall–Kier alpha value is -6.39. The molecule has 0 N–H and O–H groups in total. The van der Waals surface area contributed by atoms with Gasteiger partial charge in [-0.2, -0.15) is 0 Å². The van der Waals surface area contributed by atoms with Crippen LogP contribution in [0.25, 0.3) is 94.0 Å². The van der Waals surface area contributed by atoms with Crippen LogP contribution < -0.4 is 0 Å². The average molecular weight is 645 g/mol. The molecule has 0 aliphatic heterocycles. The summed E-state index contributed by atoms with van der Waals surface area (Å²) in [6.45, 7) is 4.40. The lowest BCUT2D eigenvalue weighted by molar-refractivity contribution is 0.668. The Labute approximate surface area is 288 Å². The van der Waals surface area contributed by atoms with Gasteiger partial charge in [-0.25, -0.2) is 4.98 Å². The molecular weight excluding hydrogens is 613 g/mol. The Balaban J connectivity index is 1.14. The Bertz CT molecular complexity index is 2770. The van der Waals surface area contributed by atoms with Crippen molar-refractivity contribution in [2.24, 2.45) is 0 Å². The minimum absolute atomic E-state index is 0.288. The molecule has 10 aromatic rings. The van der Waals surface area contributed by atoms with Crippen molar-refractivity contribution in [2.75, 3.05) is 0 Å². The predicted octanol–water partition coefficient (Wildman–Crippen LogP) is 12.9. The molecule has 0 amide bonds. The maximum Gasteiger partial charge on any atom is 0.135 e. The second-order valence-corrected chi connectivity index (χ2v) is 13.4. The minimum atomic E-state index is 0.288. The van der Waals surface area contributed by atoms with E-state index in [0.29, 0.717) is 0 Å². The third-order valence-corrected chi connectivity index (χ3v) is 9.92. The highest BCUT2D eigenvalue weighted by Crippen LogP contribution is 2.39. The minimum Gasteiger partial charge on any atom is -0.456 e. The van der Waals surface area contributed by atoms with Crippen molar-refractivity contribution in [2.45, 2.75) is 19.8 Å². The highest BCUT2D eigenvalue weighted by Gasteiger charge is 2.16. The van der Waals surface area contributed by atoms with Crippen molar-refractivity contribution in [1.82, 2.24) is 9.55 Å². The van der Waals surface area contributed by atoms with E-state index >= 15 is 0 Å². The fourth-order valence-corrected chi connectivity index (χ4v) is 7.45. The van der Waals surface area contributed by atoms with E-state index < -0.39 is 0 Å². The standard InChI is InChI=1S/C46H32N2O2/c1-28(2)46-47-40-11-5-6-12-41(40)48(46)35-19-15-29(16-20-35)32-23-33(30-17-21-44-38(26-30)36-9-3-7-13-42(36)49-44)25-34(24-32)31-18-22-45-39(27-31)37-10-4-8-14-43(37)50-45/h3-28H,1-2H3. The van der Waals surface area contributed by atoms with Gasteiger partial charge in [0.15, 0.2) is 0 Å². The molecule has 3 heterocycles. The van der Waals surface area contributed by atoms with Crippen molar-refractivity contribution in [1.29, 1.82) is 0 Å². The summed E-state index contributed by atoms with van der Waals surface area (Å²) in [6, 6.07) is 53.7. The van der Waals surface area contributed by atoms with Crippen molar-refractivity contribution in [3.63, 3.8) is 0 Å². The molecular formula is C46H32N2O2. The zero-order chi connectivity index (χ0) is 33.3. The Morgan fingerprint density at radius 3 is 1.50 bits per heavy atom. The Kier molecular flexibility index (Phi) is 6.34. The normalized spacial score (nSPS) is 12.0. The molecule has 0 aliphatic carbocycles. The van der Waals surface area contributed by atoms with Gasteiger partial charge in [0, 0.05) is 33.2 Å². The summed E-state index contributed by atoms with van der Waals surface area (Å²) < 4.78 is 14.6. The van der Waals surface area contributed by atoms with E-state index in [1.54, 1.807) is 0 Å². The van der Waals surface area contributed by atoms with E-state index in [1.807, 2.05) is 24.3 Å². The first kappa shape index (κ1) is 28.6. The van der Waals surface area contributed by atoms with Crippen LogP contribution in [0.4, 0.5) is 0 Å². The molecule has 0 aliphatic rings. The summed E-state index contributed by atoms with van der Waals surface area (Å²) in [4.78, 5) is 4.98. The van der Waals surface area contributed by atoms with Crippen LogP contribution in [0.3, 0.4) is 0 Å². The number of nitrogens with zero attached hydrogens (tertiary/aromatic N) is 2. The van der Waals surface area contributed by atoms with Crippen LogP contribution in [0.5, 0.6) is 0 Å². The number of para-hydroxylation sites is 4. The van der Waals surface area contributed by atoms with Gasteiger partial charge in [-0.15, -0.1) is 0 Å². The van der Waals surface area contributed by atoms with Crippen LogP contribution in [0.2, 0.25) is 0 Å². The first-order valence-corrected chi connectivity index (χ1v) is 17.1. The van der Waals surface area contributed by atoms with Gasteiger partial charge >= 0.3 is 0 Å². The molecule has 4 heteroatoms. The average Bonchev–Trinajstić information content (AvgIpc) is 3.86. The zero-order valence-corrected chi connectivity index (χ0v) is 27.7. The quantitative estimate of drug-likeness (QED) is 0.187. The largest absolute Gasteiger partial charge is 0.456 e. The van der Waals surface area contributed by atoms with Gasteiger partial charge in [0.1, 0.15) is 28.2 Å². The van der Waals surface area contributed by atoms with E-state index in [9.17, 15) is 0 Å². The molecule has 0 bridgehead atoms. The van der Waals surface area contributed by atoms with E-state index in [-0.39, 0.29) is 5.92 Å². The fourth-order valence-electron chi connectivity index (χ4n) is 7.45. The molecule has 0 atom stereocenters. The van der Waals surface area contributed by atoms with Gasteiger partial charge in [-0.1, -0.05) is 86.6 Å².